The summed E-state index contributed by atoms with van der Waals surface area (Å²) in [4.78, 5) is 32.9. The van der Waals surface area contributed by atoms with E-state index in [9.17, 15) is 14.7 Å². The number of ether oxygens (including phenoxy) is 1. The molecule has 2 fully saturated rings. The molecule has 5 rings (SSSR count). The average Bonchev–Trinajstić information content (AvgIpc) is 3.09. The van der Waals surface area contributed by atoms with Crippen LogP contribution in [0, 0.1) is 5.41 Å². The van der Waals surface area contributed by atoms with Crippen molar-refractivity contribution in [2.75, 3.05) is 0 Å². The van der Waals surface area contributed by atoms with Gasteiger partial charge >= 0.3 is 0 Å². The van der Waals surface area contributed by atoms with Crippen LogP contribution in [0.25, 0.3) is 11.0 Å². The van der Waals surface area contributed by atoms with Crippen molar-refractivity contribution in [1.82, 2.24) is 25.1 Å². The molecule has 0 atom stereocenters. The van der Waals surface area contributed by atoms with Gasteiger partial charge in [0.1, 0.15) is 17.4 Å². The van der Waals surface area contributed by atoms with Gasteiger partial charge in [0.05, 0.1) is 18.5 Å². The molecule has 2 aliphatic carbocycles. The van der Waals surface area contributed by atoms with E-state index in [1.54, 1.807) is 42.2 Å². The highest BCUT2D eigenvalue weighted by atomic mass is 16.5. The number of nitrogens with zero attached hydrogens (tertiary/aromatic N) is 4. The molecular weight excluding hydrogens is 412 g/mol. The summed E-state index contributed by atoms with van der Waals surface area (Å²) in [5, 5.41) is 17.1. The molecule has 3 aromatic rings. The van der Waals surface area contributed by atoms with Crippen LogP contribution >= 0.6 is 0 Å². The normalized spacial score (nSPS) is 24.1. The molecule has 0 aliphatic heterocycles. The number of pyridine rings is 2. The summed E-state index contributed by atoms with van der Waals surface area (Å²) >= 11 is 0. The number of aromatic nitrogens is 4. The third kappa shape index (κ3) is 3.56. The van der Waals surface area contributed by atoms with Gasteiger partial charge < -0.3 is 20.9 Å². The van der Waals surface area contributed by atoms with Crippen molar-refractivity contribution in [3.05, 3.63) is 47.4 Å². The number of nitrogens with one attached hydrogen (secondary N) is 1. The molecule has 0 radical (unpaired) electrons. The summed E-state index contributed by atoms with van der Waals surface area (Å²) in [5.74, 6) is -0.572. The second-order valence-corrected chi connectivity index (χ2v) is 8.79. The zero-order valence-electron chi connectivity index (χ0n) is 17.6. The molecule has 3 aromatic heterocycles. The van der Waals surface area contributed by atoms with Crippen LogP contribution in [0.1, 0.15) is 52.2 Å². The van der Waals surface area contributed by atoms with Gasteiger partial charge in [-0.25, -0.2) is 4.98 Å². The van der Waals surface area contributed by atoms with Crippen molar-refractivity contribution < 1.29 is 19.4 Å². The molecule has 2 saturated carbocycles. The fourth-order valence-corrected chi connectivity index (χ4v) is 4.85. The summed E-state index contributed by atoms with van der Waals surface area (Å²) < 4.78 is 7.67. The van der Waals surface area contributed by atoms with Crippen LogP contribution in [0.4, 0.5) is 0 Å². The molecular formula is C22H24N6O4. The zero-order valence-corrected chi connectivity index (χ0v) is 17.6. The quantitative estimate of drug-likeness (QED) is 0.524. The average molecular weight is 436 g/mol. The Morgan fingerprint density at radius 1 is 1.28 bits per heavy atom. The van der Waals surface area contributed by atoms with Gasteiger partial charge in [-0.3, -0.25) is 14.3 Å². The van der Waals surface area contributed by atoms with E-state index in [1.165, 1.54) is 0 Å². The summed E-state index contributed by atoms with van der Waals surface area (Å²) in [5.41, 5.74) is 7.33. The van der Waals surface area contributed by atoms with Gasteiger partial charge in [0.15, 0.2) is 5.65 Å². The van der Waals surface area contributed by atoms with E-state index in [-0.39, 0.29) is 41.5 Å². The smallest absolute Gasteiger partial charge is 0.270 e. The second kappa shape index (κ2) is 7.56. The van der Waals surface area contributed by atoms with E-state index >= 15 is 0 Å². The first-order valence-corrected chi connectivity index (χ1v) is 10.5. The van der Waals surface area contributed by atoms with E-state index in [2.05, 4.69) is 20.4 Å². The van der Waals surface area contributed by atoms with Crippen molar-refractivity contribution in [2.24, 2.45) is 18.2 Å². The number of rotatable bonds is 6. The van der Waals surface area contributed by atoms with E-state index in [0.29, 0.717) is 17.0 Å². The van der Waals surface area contributed by atoms with Crippen LogP contribution in [-0.4, -0.2) is 48.8 Å². The summed E-state index contributed by atoms with van der Waals surface area (Å²) in [7, 11) is 1.78. The molecule has 0 unspecified atom stereocenters. The number of carbonyl (C=O) groups is 2. The Kier molecular flexibility index (Phi) is 4.81. The Morgan fingerprint density at radius 2 is 2.06 bits per heavy atom. The number of nitrogens with two attached hydrogens (primary N) is 1. The van der Waals surface area contributed by atoms with Crippen LogP contribution < -0.4 is 15.8 Å². The lowest BCUT2D eigenvalue weighted by atomic mass is 9.53. The van der Waals surface area contributed by atoms with Crippen LogP contribution in [0.5, 0.6) is 5.88 Å². The first-order valence-electron chi connectivity index (χ1n) is 10.5. The molecule has 0 bridgehead atoms. The van der Waals surface area contributed by atoms with Gasteiger partial charge in [0.25, 0.3) is 11.8 Å². The monoisotopic (exact) mass is 436 g/mol. The van der Waals surface area contributed by atoms with Gasteiger partial charge in [0, 0.05) is 18.5 Å². The highest BCUT2D eigenvalue weighted by Crippen LogP contribution is 2.56. The molecule has 4 N–H and O–H groups in total. The lowest BCUT2D eigenvalue weighted by Crippen LogP contribution is -2.58. The number of amides is 2. The van der Waals surface area contributed by atoms with Crippen LogP contribution in [0.3, 0.4) is 0 Å². The van der Waals surface area contributed by atoms with Crippen molar-refractivity contribution in [1.29, 1.82) is 0 Å². The van der Waals surface area contributed by atoms with E-state index in [4.69, 9.17) is 10.5 Å². The standard InChI is InChI=1S/C22H24N6O4/c1-28-19-12(10-24-28)5-16(18(23)30)21(27-19)32-15-8-22(9-15)6-14(7-22)26-20(31)17-4-2-3-13(11-29)25-17/h2-5,10,14-15,29H,6-9,11H2,1H3,(H2,23,30)(H,26,31). The fourth-order valence-electron chi connectivity index (χ4n) is 4.85. The topological polar surface area (TPSA) is 145 Å². The minimum absolute atomic E-state index is 0.0502. The highest BCUT2D eigenvalue weighted by Gasteiger charge is 2.54. The first-order chi connectivity index (χ1) is 15.4. The predicted octanol–water partition coefficient (Wildman–Crippen LogP) is 1.07. The van der Waals surface area contributed by atoms with E-state index < -0.39 is 5.91 Å². The second-order valence-electron chi connectivity index (χ2n) is 8.79. The molecule has 166 valence electrons. The maximum Gasteiger partial charge on any atom is 0.270 e. The molecule has 2 amide bonds. The van der Waals surface area contributed by atoms with Gasteiger partial charge in [-0.2, -0.15) is 10.1 Å². The largest absolute Gasteiger partial charge is 0.474 e. The summed E-state index contributed by atoms with van der Waals surface area (Å²) in [6.07, 6.45) is 4.99. The predicted molar refractivity (Wildman–Crippen MR) is 114 cm³/mol. The van der Waals surface area contributed by atoms with Crippen LogP contribution in [0.15, 0.2) is 30.5 Å². The Morgan fingerprint density at radius 3 is 2.78 bits per heavy atom. The maximum absolute atomic E-state index is 12.4. The van der Waals surface area contributed by atoms with E-state index in [0.717, 1.165) is 31.1 Å². The highest BCUT2D eigenvalue weighted by molar-refractivity contribution is 5.98. The van der Waals surface area contributed by atoms with Crippen molar-refractivity contribution in [3.8, 4) is 5.88 Å². The van der Waals surface area contributed by atoms with Gasteiger partial charge in [0.2, 0.25) is 5.88 Å². The van der Waals surface area contributed by atoms with Gasteiger partial charge in [-0.1, -0.05) is 6.07 Å². The summed E-state index contributed by atoms with van der Waals surface area (Å²) in [6.45, 7) is -0.199. The molecule has 10 nitrogen and oxygen atoms in total. The Bertz CT molecular complexity index is 1210. The number of primary amides is 1. The van der Waals surface area contributed by atoms with Crippen molar-refractivity contribution in [3.63, 3.8) is 0 Å². The molecule has 2 aliphatic rings. The molecule has 3 heterocycles. The molecule has 10 heteroatoms. The van der Waals surface area contributed by atoms with Crippen LogP contribution in [0.2, 0.25) is 0 Å². The first kappa shape index (κ1) is 20.4. The maximum atomic E-state index is 12.4. The zero-order chi connectivity index (χ0) is 22.5. The number of aliphatic hydroxyl groups is 1. The SMILES string of the molecule is Cn1ncc2cc(C(N)=O)c(OC3CC4(CC(NC(=O)c5cccc(CO)n5)C4)C3)nc21. The molecule has 0 saturated heterocycles. The minimum atomic E-state index is -0.586. The number of fused-ring (bicyclic) bond motifs is 1. The van der Waals surface area contributed by atoms with Gasteiger partial charge in [-0.15, -0.1) is 0 Å². The lowest BCUT2D eigenvalue weighted by Gasteiger charge is -2.57. The Labute approximate surface area is 183 Å². The number of aliphatic hydroxyl groups excluding tert-OH is 1. The third-order valence-electron chi connectivity index (χ3n) is 6.43. The van der Waals surface area contributed by atoms with Crippen molar-refractivity contribution >= 4 is 22.8 Å². The van der Waals surface area contributed by atoms with Crippen LogP contribution in [-0.2, 0) is 13.7 Å². The number of hydrogen-bond donors (Lipinski definition) is 3. The summed E-state index contributed by atoms with van der Waals surface area (Å²) in [6, 6.07) is 6.78. The Balaban J connectivity index is 1.18. The van der Waals surface area contributed by atoms with Crippen molar-refractivity contribution in [2.45, 2.75) is 44.4 Å². The minimum Gasteiger partial charge on any atom is -0.474 e. The third-order valence-corrected chi connectivity index (χ3v) is 6.43. The lowest BCUT2D eigenvalue weighted by molar-refractivity contribution is -0.0847. The fraction of sp³-hybridized carbons (Fsp3) is 0.409. The molecule has 0 aromatic carbocycles. The van der Waals surface area contributed by atoms with Gasteiger partial charge in [-0.05, 0) is 49.3 Å². The van der Waals surface area contributed by atoms with E-state index in [1.807, 2.05) is 0 Å². The number of aryl methyl sites for hydroxylation is 1. The number of carbonyl (C=O) groups excluding carboxylic acids is 2. The number of hydrogen-bond acceptors (Lipinski definition) is 7. The molecule has 32 heavy (non-hydrogen) atoms. The Hall–Kier alpha value is -3.53. The molecule has 1 spiro atoms.